The Morgan fingerprint density at radius 2 is 0.947 bits per heavy atom. The third kappa shape index (κ3) is 7.64. The Bertz CT molecular complexity index is 2810. The lowest BCUT2D eigenvalue weighted by molar-refractivity contribution is 0.0602. The molecule has 0 aliphatic rings. The molecule has 57 heavy (non-hydrogen) atoms. The van der Waals surface area contributed by atoms with Crippen LogP contribution in [0.2, 0.25) is 0 Å². The predicted octanol–water partition coefficient (Wildman–Crippen LogP) is 8.57. The van der Waals surface area contributed by atoms with E-state index in [-0.39, 0.29) is 11.5 Å². The summed E-state index contributed by atoms with van der Waals surface area (Å²) >= 11 is 0. The summed E-state index contributed by atoms with van der Waals surface area (Å²) in [5.41, 5.74) is 3.85. The van der Waals surface area contributed by atoms with Crippen molar-refractivity contribution in [3.63, 3.8) is 0 Å². The van der Waals surface area contributed by atoms with Crippen LogP contribution in [0.1, 0.15) is 20.7 Å². The van der Waals surface area contributed by atoms with Crippen molar-refractivity contribution in [2.45, 2.75) is 0 Å². The zero-order valence-corrected chi connectivity index (χ0v) is 31.5. The molecule has 0 saturated heterocycles. The van der Waals surface area contributed by atoms with Crippen LogP contribution in [0.25, 0.3) is 43.4 Å². The summed E-state index contributed by atoms with van der Waals surface area (Å²) in [6.07, 6.45) is 2.97. The number of nitrogens with zero attached hydrogens (tertiary/aromatic N) is 4. The zero-order chi connectivity index (χ0) is 40.1. The number of benzene rings is 6. The molecule has 0 fully saturated rings. The van der Waals surface area contributed by atoms with E-state index in [1.807, 2.05) is 66.7 Å². The lowest BCUT2D eigenvalue weighted by Gasteiger charge is -2.13. The molecular formula is C43H36N6O8. The number of carbonyl (C=O) groups excluding carboxylic acids is 1. The number of hydrogen-bond donors (Lipinski definition) is 3. The van der Waals surface area contributed by atoms with Gasteiger partial charge in [0.25, 0.3) is 0 Å². The largest absolute Gasteiger partial charge is 0.493 e. The first-order valence-corrected chi connectivity index (χ1v) is 17.4. The van der Waals surface area contributed by atoms with Gasteiger partial charge in [-0.15, -0.1) is 0 Å². The van der Waals surface area contributed by atoms with Crippen LogP contribution in [-0.4, -0.2) is 72.5 Å². The van der Waals surface area contributed by atoms with Gasteiger partial charge < -0.3 is 39.4 Å². The maximum Gasteiger partial charge on any atom is 0.338 e. The Morgan fingerprint density at radius 3 is 1.39 bits per heavy atom. The third-order valence-electron chi connectivity index (χ3n) is 9.20. The minimum atomic E-state index is -0.950. The minimum absolute atomic E-state index is 0.272. The molecule has 14 nitrogen and oxygen atoms in total. The van der Waals surface area contributed by atoms with Crippen LogP contribution in [0.4, 0.5) is 23.0 Å². The highest BCUT2D eigenvalue weighted by Crippen LogP contribution is 2.36. The van der Waals surface area contributed by atoms with E-state index in [1.54, 1.807) is 58.8 Å². The zero-order valence-electron chi connectivity index (χ0n) is 31.5. The second-order valence-electron chi connectivity index (χ2n) is 12.4. The van der Waals surface area contributed by atoms with Crippen LogP contribution in [0.3, 0.4) is 0 Å². The lowest BCUT2D eigenvalue weighted by Crippen LogP contribution is -2.02. The van der Waals surface area contributed by atoms with Gasteiger partial charge in [0.1, 0.15) is 24.3 Å². The second kappa shape index (κ2) is 16.3. The number of fused-ring (bicyclic) bond motifs is 4. The van der Waals surface area contributed by atoms with Gasteiger partial charge in [-0.25, -0.2) is 29.5 Å². The molecule has 2 aromatic heterocycles. The van der Waals surface area contributed by atoms with E-state index < -0.39 is 5.97 Å². The number of carboxylic acids is 1. The predicted molar refractivity (Wildman–Crippen MR) is 218 cm³/mol. The monoisotopic (exact) mass is 764 g/mol. The Morgan fingerprint density at radius 1 is 0.509 bits per heavy atom. The van der Waals surface area contributed by atoms with Crippen molar-refractivity contribution in [3.05, 3.63) is 121 Å². The molecule has 3 N–H and O–H groups in total. The topological polar surface area (TPSA) is 176 Å². The maximum atomic E-state index is 12.0. The molecule has 0 radical (unpaired) electrons. The number of nitrogens with one attached hydrogen (secondary N) is 2. The van der Waals surface area contributed by atoms with Gasteiger partial charge in [-0.3, -0.25) is 0 Å². The number of rotatable bonds is 10. The average Bonchev–Trinajstić information content (AvgIpc) is 3.24. The van der Waals surface area contributed by atoms with E-state index in [1.165, 1.54) is 19.8 Å². The van der Waals surface area contributed by atoms with Gasteiger partial charge in [0.2, 0.25) is 0 Å². The van der Waals surface area contributed by atoms with Gasteiger partial charge in [0, 0.05) is 34.3 Å². The molecule has 286 valence electrons. The molecule has 0 atom stereocenters. The first kappa shape index (κ1) is 37.6. The first-order valence-electron chi connectivity index (χ1n) is 17.4. The molecule has 6 aromatic carbocycles. The van der Waals surface area contributed by atoms with E-state index in [9.17, 15) is 14.7 Å². The van der Waals surface area contributed by atoms with Crippen molar-refractivity contribution in [2.75, 3.05) is 46.2 Å². The Balaban J connectivity index is 0.000000174. The van der Waals surface area contributed by atoms with Gasteiger partial charge in [-0.1, -0.05) is 36.4 Å². The fourth-order valence-electron chi connectivity index (χ4n) is 6.44. The van der Waals surface area contributed by atoms with Crippen molar-refractivity contribution >= 4 is 78.3 Å². The summed E-state index contributed by atoms with van der Waals surface area (Å²) in [5, 5.41) is 20.8. The van der Waals surface area contributed by atoms with Crippen LogP contribution in [0, 0.1) is 0 Å². The molecule has 14 heteroatoms. The Labute approximate surface area is 326 Å². The van der Waals surface area contributed by atoms with Crippen molar-refractivity contribution < 1.29 is 38.4 Å². The molecule has 0 spiro atoms. The number of ether oxygens (including phenoxy) is 5. The maximum absolute atomic E-state index is 12.0. The molecule has 8 rings (SSSR count). The third-order valence-corrected chi connectivity index (χ3v) is 9.20. The van der Waals surface area contributed by atoms with E-state index in [0.717, 1.165) is 43.8 Å². The van der Waals surface area contributed by atoms with Gasteiger partial charge in [0.15, 0.2) is 23.0 Å². The molecule has 8 aromatic rings. The fourth-order valence-corrected chi connectivity index (χ4v) is 6.44. The van der Waals surface area contributed by atoms with E-state index in [2.05, 4.69) is 30.6 Å². The van der Waals surface area contributed by atoms with Crippen molar-refractivity contribution in [1.29, 1.82) is 0 Å². The molecule has 0 aliphatic carbocycles. The van der Waals surface area contributed by atoms with Gasteiger partial charge in [-0.2, -0.15) is 0 Å². The highest BCUT2D eigenvalue weighted by atomic mass is 16.5. The molecular weight excluding hydrogens is 729 g/mol. The molecule has 0 aliphatic heterocycles. The van der Waals surface area contributed by atoms with Crippen molar-refractivity contribution in [3.8, 4) is 23.0 Å². The standard InChI is InChI=1S/C22H19N3O4.C21H17N3O4/c1-27-19-10-17-18(11-20(19)28-2)23-12-24-21(17)25-14-7-8-15-13(9-14)5-4-6-16(15)22(26)29-3;1-27-18-9-16-17(10-19(18)28-2)22-11-23-20(16)24-13-6-7-14-12(8-13)4-3-5-15(14)21(25)26/h4-12H,1-3H3,(H,23,24,25);3-11H,1-2H3,(H,25,26)(H,22,23,24). The number of carbonyl (C=O) groups is 2. The molecule has 0 bridgehead atoms. The quantitative estimate of drug-likeness (QED) is 0.113. The van der Waals surface area contributed by atoms with Gasteiger partial charge in [0.05, 0.1) is 57.7 Å². The Hall–Kier alpha value is -7.74. The number of anilines is 4. The highest BCUT2D eigenvalue weighted by molar-refractivity contribution is 6.06. The number of hydrogen-bond acceptors (Lipinski definition) is 13. The van der Waals surface area contributed by atoms with Crippen LogP contribution in [0.15, 0.2) is 110 Å². The van der Waals surface area contributed by atoms with Crippen LogP contribution in [-0.2, 0) is 4.74 Å². The number of aromatic nitrogens is 4. The number of aromatic carboxylic acids is 1. The van der Waals surface area contributed by atoms with Crippen LogP contribution >= 0.6 is 0 Å². The minimum Gasteiger partial charge on any atom is -0.493 e. The molecule has 0 amide bonds. The Kier molecular flexibility index (Phi) is 10.8. The number of carboxylic acid groups (broad SMARTS) is 1. The van der Waals surface area contributed by atoms with Crippen LogP contribution < -0.4 is 29.6 Å². The summed E-state index contributed by atoms with van der Waals surface area (Å²) in [7, 11) is 7.69. The van der Waals surface area contributed by atoms with E-state index >= 15 is 0 Å². The molecule has 2 heterocycles. The SMILES string of the molecule is COC(=O)c1cccc2cc(Nc3ncnc4cc(OC)c(OC)cc34)ccc12.COc1cc2ncnc(Nc3ccc4c(C(=O)O)cccc4c3)c2cc1OC. The number of esters is 1. The average molecular weight is 765 g/mol. The summed E-state index contributed by atoms with van der Waals surface area (Å²) in [5.74, 6) is 2.31. The summed E-state index contributed by atoms with van der Waals surface area (Å²) < 4.78 is 26.3. The normalized spacial score (nSPS) is 10.8. The summed E-state index contributed by atoms with van der Waals surface area (Å²) in [6, 6.07) is 29.2. The van der Waals surface area contributed by atoms with Gasteiger partial charge >= 0.3 is 11.9 Å². The first-order chi connectivity index (χ1) is 27.7. The lowest BCUT2D eigenvalue weighted by atomic mass is 10.0. The molecule has 0 unspecified atom stereocenters. The fraction of sp³-hybridized carbons (Fsp3) is 0.116. The van der Waals surface area contributed by atoms with Crippen molar-refractivity contribution in [2.24, 2.45) is 0 Å². The number of methoxy groups -OCH3 is 5. The summed E-state index contributed by atoms with van der Waals surface area (Å²) in [6.45, 7) is 0. The van der Waals surface area contributed by atoms with E-state index in [4.69, 9.17) is 23.7 Å². The van der Waals surface area contributed by atoms with Crippen LogP contribution in [0.5, 0.6) is 23.0 Å². The smallest absolute Gasteiger partial charge is 0.338 e. The second-order valence-corrected chi connectivity index (χ2v) is 12.4. The molecule has 0 saturated carbocycles. The van der Waals surface area contributed by atoms with Crippen molar-refractivity contribution in [1.82, 2.24) is 19.9 Å². The van der Waals surface area contributed by atoms with E-state index in [0.29, 0.717) is 51.1 Å². The summed E-state index contributed by atoms with van der Waals surface area (Å²) in [4.78, 5) is 40.7. The highest BCUT2D eigenvalue weighted by Gasteiger charge is 2.15. The van der Waals surface area contributed by atoms with Gasteiger partial charge in [-0.05, 0) is 70.1 Å².